The third-order valence-electron chi connectivity index (χ3n) is 1.89. The van der Waals surface area contributed by atoms with E-state index in [9.17, 15) is 0 Å². The molecular weight excluding hydrogens is 178 g/mol. The average Bonchev–Trinajstić information content (AvgIpc) is 2.57. The highest BCUT2D eigenvalue weighted by Crippen LogP contribution is 2.09. The van der Waals surface area contributed by atoms with E-state index in [0.717, 1.165) is 16.9 Å². The van der Waals surface area contributed by atoms with Crippen LogP contribution in [-0.4, -0.2) is 21.1 Å². The van der Waals surface area contributed by atoms with Crippen LogP contribution in [0.1, 0.15) is 19.7 Å². The van der Waals surface area contributed by atoms with Gasteiger partial charge in [-0.3, -0.25) is 4.98 Å². The molecule has 0 atom stereocenters. The summed E-state index contributed by atoms with van der Waals surface area (Å²) in [6, 6.07) is 1.88. The number of aromatic nitrogens is 3. The minimum Gasteiger partial charge on any atom is -0.371 e. The molecule has 0 radical (unpaired) electrons. The van der Waals surface area contributed by atoms with E-state index in [4.69, 9.17) is 4.74 Å². The fraction of sp³-hybridized carbons (Fsp3) is 0.400. The van der Waals surface area contributed by atoms with Gasteiger partial charge in [-0.1, -0.05) is 0 Å². The first kappa shape index (κ1) is 9.15. The maximum atomic E-state index is 5.44. The molecule has 0 amide bonds. The van der Waals surface area contributed by atoms with Crippen LogP contribution in [0.4, 0.5) is 0 Å². The number of hydrogen-bond acceptors (Lipinski definition) is 3. The Morgan fingerprint density at radius 3 is 3.07 bits per heavy atom. The molecule has 0 spiro atoms. The lowest BCUT2D eigenvalue weighted by Crippen LogP contribution is -2.03. The van der Waals surface area contributed by atoms with Gasteiger partial charge >= 0.3 is 0 Å². The molecule has 1 N–H and O–H groups in total. The normalized spacial score (nSPS) is 11.4. The molecule has 0 bridgehead atoms. The van der Waals surface area contributed by atoms with Gasteiger partial charge in [0.1, 0.15) is 12.4 Å². The predicted octanol–water partition coefficient (Wildman–Crippen LogP) is 1.88. The molecule has 74 valence electrons. The van der Waals surface area contributed by atoms with Gasteiger partial charge in [-0.25, -0.2) is 4.98 Å². The van der Waals surface area contributed by atoms with Crippen molar-refractivity contribution in [2.24, 2.45) is 0 Å². The maximum Gasteiger partial charge on any atom is 0.133 e. The fourth-order valence-electron chi connectivity index (χ4n) is 1.22. The molecule has 0 saturated heterocycles. The molecule has 0 aliphatic carbocycles. The van der Waals surface area contributed by atoms with Crippen LogP contribution >= 0.6 is 0 Å². The van der Waals surface area contributed by atoms with Crippen LogP contribution in [0.25, 0.3) is 11.0 Å². The zero-order valence-electron chi connectivity index (χ0n) is 8.32. The molecule has 2 aromatic heterocycles. The number of pyridine rings is 1. The molecule has 2 heterocycles. The molecule has 0 aliphatic heterocycles. The monoisotopic (exact) mass is 191 g/mol. The fourth-order valence-corrected chi connectivity index (χ4v) is 1.22. The molecule has 0 unspecified atom stereocenters. The Balaban J connectivity index is 2.19. The molecule has 4 heteroatoms. The van der Waals surface area contributed by atoms with Crippen LogP contribution in [0.3, 0.4) is 0 Å². The van der Waals surface area contributed by atoms with Gasteiger partial charge in [0.25, 0.3) is 0 Å². The summed E-state index contributed by atoms with van der Waals surface area (Å²) in [6.07, 6.45) is 3.72. The van der Waals surface area contributed by atoms with Crippen molar-refractivity contribution < 1.29 is 4.74 Å². The second-order valence-electron chi connectivity index (χ2n) is 3.44. The van der Waals surface area contributed by atoms with E-state index in [-0.39, 0.29) is 6.10 Å². The Kier molecular flexibility index (Phi) is 2.45. The number of H-pyrrole nitrogens is 1. The number of nitrogens with one attached hydrogen (secondary N) is 1. The van der Waals surface area contributed by atoms with Gasteiger partial charge in [0.2, 0.25) is 0 Å². The summed E-state index contributed by atoms with van der Waals surface area (Å²) in [5.41, 5.74) is 1.89. The summed E-state index contributed by atoms with van der Waals surface area (Å²) >= 11 is 0. The summed E-state index contributed by atoms with van der Waals surface area (Å²) in [6.45, 7) is 4.53. The van der Waals surface area contributed by atoms with E-state index >= 15 is 0 Å². The Hall–Kier alpha value is -1.42. The van der Waals surface area contributed by atoms with Crippen molar-refractivity contribution in [3.05, 3.63) is 24.3 Å². The lowest BCUT2D eigenvalue weighted by molar-refractivity contribution is 0.0618. The zero-order chi connectivity index (χ0) is 9.97. The van der Waals surface area contributed by atoms with Gasteiger partial charge in [-0.05, 0) is 19.9 Å². The molecule has 2 rings (SSSR count). The average molecular weight is 191 g/mol. The molecule has 14 heavy (non-hydrogen) atoms. The van der Waals surface area contributed by atoms with E-state index in [1.807, 2.05) is 19.9 Å². The smallest absolute Gasteiger partial charge is 0.133 e. The minimum absolute atomic E-state index is 0.223. The summed E-state index contributed by atoms with van der Waals surface area (Å²) in [5.74, 6) is 0.849. The van der Waals surface area contributed by atoms with E-state index in [2.05, 4.69) is 15.0 Å². The minimum atomic E-state index is 0.223. The molecule has 0 aromatic carbocycles. The summed E-state index contributed by atoms with van der Waals surface area (Å²) in [7, 11) is 0. The maximum absolute atomic E-state index is 5.44. The van der Waals surface area contributed by atoms with Gasteiger partial charge in [0.15, 0.2) is 0 Å². The second-order valence-corrected chi connectivity index (χ2v) is 3.44. The molecule has 0 fully saturated rings. The largest absolute Gasteiger partial charge is 0.371 e. The number of rotatable bonds is 3. The van der Waals surface area contributed by atoms with Gasteiger partial charge < -0.3 is 9.72 Å². The van der Waals surface area contributed by atoms with Crippen molar-refractivity contribution in [2.75, 3.05) is 0 Å². The highest BCUT2D eigenvalue weighted by molar-refractivity contribution is 5.73. The third-order valence-corrected chi connectivity index (χ3v) is 1.89. The van der Waals surface area contributed by atoms with Crippen molar-refractivity contribution in [1.29, 1.82) is 0 Å². The van der Waals surface area contributed by atoms with Crippen molar-refractivity contribution >= 4 is 11.0 Å². The van der Waals surface area contributed by atoms with Gasteiger partial charge in [0.05, 0.1) is 23.3 Å². The first-order valence-corrected chi connectivity index (χ1v) is 4.66. The Morgan fingerprint density at radius 2 is 2.36 bits per heavy atom. The van der Waals surface area contributed by atoms with Crippen LogP contribution in [0.5, 0.6) is 0 Å². The predicted molar refractivity (Wildman–Crippen MR) is 53.8 cm³/mol. The van der Waals surface area contributed by atoms with E-state index in [1.54, 1.807) is 12.4 Å². The van der Waals surface area contributed by atoms with Crippen molar-refractivity contribution in [1.82, 2.24) is 15.0 Å². The Labute approximate surface area is 82.3 Å². The first-order valence-electron chi connectivity index (χ1n) is 4.66. The van der Waals surface area contributed by atoms with Crippen LogP contribution < -0.4 is 0 Å². The molecule has 2 aromatic rings. The number of nitrogens with zero attached hydrogens (tertiary/aromatic N) is 2. The van der Waals surface area contributed by atoms with Crippen molar-refractivity contribution in [3.63, 3.8) is 0 Å². The molecule has 0 aliphatic rings. The van der Waals surface area contributed by atoms with Crippen LogP contribution in [-0.2, 0) is 11.3 Å². The van der Waals surface area contributed by atoms with E-state index in [0.29, 0.717) is 6.61 Å². The number of hydrogen-bond donors (Lipinski definition) is 1. The van der Waals surface area contributed by atoms with Crippen LogP contribution in [0.2, 0.25) is 0 Å². The molecule has 4 nitrogen and oxygen atoms in total. The number of ether oxygens (including phenoxy) is 1. The second kappa shape index (κ2) is 3.75. The van der Waals surface area contributed by atoms with Crippen molar-refractivity contribution in [2.45, 2.75) is 26.6 Å². The van der Waals surface area contributed by atoms with Gasteiger partial charge in [0, 0.05) is 6.20 Å². The molecular formula is C10H13N3O. The Morgan fingerprint density at radius 1 is 1.50 bits per heavy atom. The lowest BCUT2D eigenvalue weighted by atomic mass is 10.4. The third kappa shape index (κ3) is 1.90. The van der Waals surface area contributed by atoms with Crippen molar-refractivity contribution in [3.8, 4) is 0 Å². The zero-order valence-corrected chi connectivity index (χ0v) is 8.32. The lowest BCUT2D eigenvalue weighted by Gasteiger charge is -2.03. The van der Waals surface area contributed by atoms with Crippen LogP contribution in [0, 0.1) is 0 Å². The van der Waals surface area contributed by atoms with Gasteiger partial charge in [-0.2, -0.15) is 0 Å². The SMILES string of the molecule is CC(C)OCc1nc2ccncc2[nH]1. The number of fused-ring (bicyclic) bond motifs is 1. The van der Waals surface area contributed by atoms with E-state index in [1.165, 1.54) is 0 Å². The summed E-state index contributed by atoms with van der Waals surface area (Å²) < 4.78 is 5.44. The highest BCUT2D eigenvalue weighted by atomic mass is 16.5. The quantitative estimate of drug-likeness (QED) is 0.805. The highest BCUT2D eigenvalue weighted by Gasteiger charge is 2.02. The number of imidazole rings is 1. The van der Waals surface area contributed by atoms with Gasteiger partial charge in [-0.15, -0.1) is 0 Å². The standard InChI is InChI=1S/C10H13N3O/c1-7(2)14-6-10-12-8-3-4-11-5-9(8)13-10/h3-5,7H,6H2,1-2H3,(H,12,13). The number of aromatic amines is 1. The Bertz CT molecular complexity index is 389. The summed E-state index contributed by atoms with van der Waals surface area (Å²) in [4.78, 5) is 11.5. The summed E-state index contributed by atoms with van der Waals surface area (Å²) in [5, 5.41) is 0. The topological polar surface area (TPSA) is 50.8 Å². The molecule has 0 saturated carbocycles. The van der Waals surface area contributed by atoms with Crippen LogP contribution in [0.15, 0.2) is 18.5 Å². The van der Waals surface area contributed by atoms with E-state index < -0.39 is 0 Å². The first-order chi connectivity index (χ1) is 6.75.